The zero-order valence-electron chi connectivity index (χ0n) is 11.5. The number of benzene rings is 1. The summed E-state index contributed by atoms with van der Waals surface area (Å²) < 4.78 is 5.68. The van der Waals surface area contributed by atoms with Gasteiger partial charge in [0.05, 0.1) is 12.2 Å². The average molecular weight is 247 g/mol. The topological polar surface area (TPSA) is 29.5 Å². The lowest BCUT2D eigenvalue weighted by atomic mass is 10.1. The van der Waals surface area contributed by atoms with Crippen LogP contribution in [0.2, 0.25) is 0 Å². The van der Waals surface area contributed by atoms with E-state index in [0.717, 1.165) is 29.8 Å². The van der Waals surface area contributed by atoms with Crippen LogP contribution in [0.1, 0.15) is 37.3 Å². The molecule has 0 radical (unpaired) electrons. The maximum absolute atomic E-state index is 12.2. The molecule has 1 aliphatic rings. The predicted molar refractivity (Wildman–Crippen MR) is 73.3 cm³/mol. The SMILES string of the molecule is CCCCC(=O)N1CCOc2cc(C)cc(C)c21. The molecule has 0 saturated carbocycles. The van der Waals surface area contributed by atoms with Gasteiger partial charge in [-0.3, -0.25) is 4.79 Å². The fourth-order valence-electron chi connectivity index (χ4n) is 2.45. The molecular weight excluding hydrogens is 226 g/mol. The molecule has 1 aliphatic heterocycles. The molecule has 1 aromatic carbocycles. The number of rotatable bonds is 3. The normalized spacial score (nSPS) is 14.1. The van der Waals surface area contributed by atoms with Crippen LogP contribution in [0.4, 0.5) is 5.69 Å². The second kappa shape index (κ2) is 5.42. The number of anilines is 1. The van der Waals surface area contributed by atoms with Crippen LogP contribution in [0.25, 0.3) is 0 Å². The van der Waals surface area contributed by atoms with Gasteiger partial charge in [0.2, 0.25) is 5.91 Å². The van der Waals surface area contributed by atoms with Crippen molar-refractivity contribution >= 4 is 11.6 Å². The van der Waals surface area contributed by atoms with Crippen molar-refractivity contribution in [2.45, 2.75) is 40.0 Å². The number of unbranched alkanes of at least 4 members (excludes halogenated alkanes) is 1. The highest BCUT2D eigenvalue weighted by Gasteiger charge is 2.25. The molecule has 0 aromatic heterocycles. The Hall–Kier alpha value is -1.51. The van der Waals surface area contributed by atoms with Crippen LogP contribution >= 0.6 is 0 Å². The van der Waals surface area contributed by atoms with Gasteiger partial charge < -0.3 is 9.64 Å². The van der Waals surface area contributed by atoms with E-state index >= 15 is 0 Å². The number of carbonyl (C=O) groups is 1. The van der Waals surface area contributed by atoms with Crippen molar-refractivity contribution in [3.63, 3.8) is 0 Å². The molecule has 98 valence electrons. The van der Waals surface area contributed by atoms with E-state index < -0.39 is 0 Å². The summed E-state index contributed by atoms with van der Waals surface area (Å²) in [7, 11) is 0. The standard InChI is InChI=1S/C15H21NO2/c1-4-5-6-14(17)16-7-8-18-13-10-11(2)9-12(3)15(13)16/h9-10H,4-8H2,1-3H3. The van der Waals surface area contributed by atoms with Gasteiger partial charge in [-0.1, -0.05) is 19.4 Å². The predicted octanol–water partition coefficient (Wildman–Crippen LogP) is 3.22. The zero-order chi connectivity index (χ0) is 13.1. The van der Waals surface area contributed by atoms with Crippen LogP contribution in [-0.4, -0.2) is 19.1 Å². The van der Waals surface area contributed by atoms with Crippen LogP contribution in [0.3, 0.4) is 0 Å². The fourth-order valence-corrected chi connectivity index (χ4v) is 2.45. The highest BCUT2D eigenvalue weighted by atomic mass is 16.5. The lowest BCUT2D eigenvalue weighted by Gasteiger charge is -2.31. The molecule has 0 fully saturated rings. The number of fused-ring (bicyclic) bond motifs is 1. The Morgan fingerprint density at radius 2 is 2.17 bits per heavy atom. The number of carbonyl (C=O) groups excluding carboxylic acids is 1. The van der Waals surface area contributed by atoms with Crippen molar-refractivity contribution < 1.29 is 9.53 Å². The molecule has 0 aliphatic carbocycles. The first-order chi connectivity index (χ1) is 8.63. The molecule has 1 aromatic rings. The number of amides is 1. The smallest absolute Gasteiger partial charge is 0.227 e. The van der Waals surface area contributed by atoms with Gasteiger partial charge in [-0.15, -0.1) is 0 Å². The van der Waals surface area contributed by atoms with Crippen LogP contribution in [-0.2, 0) is 4.79 Å². The van der Waals surface area contributed by atoms with Gasteiger partial charge in [0.15, 0.2) is 0 Å². The third-order valence-corrected chi connectivity index (χ3v) is 3.30. The van der Waals surface area contributed by atoms with Crippen molar-refractivity contribution in [2.24, 2.45) is 0 Å². The van der Waals surface area contributed by atoms with Gasteiger partial charge in [0, 0.05) is 6.42 Å². The van der Waals surface area contributed by atoms with Crippen LogP contribution < -0.4 is 9.64 Å². The summed E-state index contributed by atoms with van der Waals surface area (Å²) in [5.74, 6) is 1.07. The molecule has 3 nitrogen and oxygen atoms in total. The van der Waals surface area contributed by atoms with Gasteiger partial charge in [-0.05, 0) is 37.5 Å². The fraction of sp³-hybridized carbons (Fsp3) is 0.533. The number of ether oxygens (including phenoxy) is 1. The Labute approximate surface area is 109 Å². The number of aryl methyl sites for hydroxylation is 2. The van der Waals surface area contributed by atoms with E-state index in [1.807, 2.05) is 17.9 Å². The molecule has 0 saturated heterocycles. The number of hydrogen-bond acceptors (Lipinski definition) is 2. The summed E-state index contributed by atoms with van der Waals surface area (Å²) in [5, 5.41) is 0. The maximum atomic E-state index is 12.2. The van der Waals surface area contributed by atoms with E-state index in [1.165, 1.54) is 5.56 Å². The second-order valence-electron chi connectivity index (χ2n) is 4.93. The van der Waals surface area contributed by atoms with Gasteiger partial charge in [-0.25, -0.2) is 0 Å². The third-order valence-electron chi connectivity index (χ3n) is 3.30. The van der Waals surface area contributed by atoms with Crippen molar-refractivity contribution in [3.05, 3.63) is 23.3 Å². The molecule has 0 bridgehead atoms. The summed E-state index contributed by atoms with van der Waals surface area (Å²) in [6, 6.07) is 4.12. The Morgan fingerprint density at radius 3 is 2.89 bits per heavy atom. The quantitative estimate of drug-likeness (QED) is 0.820. The minimum atomic E-state index is 0.216. The summed E-state index contributed by atoms with van der Waals surface area (Å²) in [5.41, 5.74) is 3.26. The first-order valence-electron chi connectivity index (χ1n) is 6.68. The van der Waals surface area contributed by atoms with Crippen LogP contribution in [0.5, 0.6) is 5.75 Å². The molecule has 0 N–H and O–H groups in total. The Morgan fingerprint density at radius 1 is 1.39 bits per heavy atom. The van der Waals surface area contributed by atoms with Crippen molar-refractivity contribution in [3.8, 4) is 5.75 Å². The van der Waals surface area contributed by atoms with Crippen LogP contribution in [0.15, 0.2) is 12.1 Å². The van der Waals surface area contributed by atoms with Gasteiger partial charge in [0.1, 0.15) is 12.4 Å². The summed E-state index contributed by atoms with van der Waals surface area (Å²) in [4.78, 5) is 14.1. The molecular formula is C15H21NO2. The first-order valence-corrected chi connectivity index (χ1v) is 6.68. The Bertz CT molecular complexity index is 454. The van der Waals surface area contributed by atoms with Crippen molar-refractivity contribution in [2.75, 3.05) is 18.1 Å². The van der Waals surface area contributed by atoms with Crippen molar-refractivity contribution in [1.29, 1.82) is 0 Å². The van der Waals surface area contributed by atoms with E-state index in [0.29, 0.717) is 19.6 Å². The summed E-state index contributed by atoms with van der Waals surface area (Å²) in [6.45, 7) is 7.46. The molecule has 1 amide bonds. The molecule has 0 atom stereocenters. The molecule has 0 unspecified atom stereocenters. The number of hydrogen-bond donors (Lipinski definition) is 0. The third kappa shape index (κ3) is 2.50. The Kier molecular flexibility index (Phi) is 3.90. The monoisotopic (exact) mass is 247 g/mol. The van der Waals surface area contributed by atoms with E-state index in [1.54, 1.807) is 0 Å². The average Bonchev–Trinajstić information content (AvgIpc) is 2.34. The van der Waals surface area contributed by atoms with Gasteiger partial charge >= 0.3 is 0 Å². The number of nitrogens with zero attached hydrogens (tertiary/aromatic N) is 1. The summed E-state index contributed by atoms with van der Waals surface area (Å²) >= 11 is 0. The lowest BCUT2D eigenvalue weighted by molar-refractivity contribution is -0.119. The van der Waals surface area contributed by atoms with E-state index in [9.17, 15) is 4.79 Å². The zero-order valence-corrected chi connectivity index (χ0v) is 11.5. The first kappa shape index (κ1) is 12.9. The molecule has 18 heavy (non-hydrogen) atoms. The summed E-state index contributed by atoms with van der Waals surface area (Å²) in [6.07, 6.45) is 2.63. The lowest BCUT2D eigenvalue weighted by Crippen LogP contribution is -2.38. The maximum Gasteiger partial charge on any atom is 0.227 e. The molecule has 0 spiro atoms. The van der Waals surface area contributed by atoms with E-state index in [-0.39, 0.29) is 5.91 Å². The largest absolute Gasteiger partial charge is 0.490 e. The molecule has 3 heteroatoms. The van der Waals surface area contributed by atoms with Crippen molar-refractivity contribution in [1.82, 2.24) is 0 Å². The van der Waals surface area contributed by atoms with E-state index in [2.05, 4.69) is 19.9 Å². The minimum Gasteiger partial charge on any atom is -0.490 e. The second-order valence-corrected chi connectivity index (χ2v) is 4.93. The molecule has 1 heterocycles. The highest BCUT2D eigenvalue weighted by Crippen LogP contribution is 2.36. The van der Waals surface area contributed by atoms with E-state index in [4.69, 9.17) is 4.74 Å². The van der Waals surface area contributed by atoms with Gasteiger partial charge in [0.25, 0.3) is 0 Å². The van der Waals surface area contributed by atoms with Gasteiger partial charge in [-0.2, -0.15) is 0 Å². The Balaban J connectivity index is 2.30. The van der Waals surface area contributed by atoms with Crippen LogP contribution in [0, 0.1) is 13.8 Å². The molecule has 2 rings (SSSR count). The minimum absolute atomic E-state index is 0.216. The highest BCUT2D eigenvalue weighted by molar-refractivity contribution is 5.96.